The predicted octanol–water partition coefficient (Wildman–Crippen LogP) is 5.06. The van der Waals surface area contributed by atoms with Gasteiger partial charge in [-0.25, -0.2) is 0 Å². The molecule has 138 valence electrons. The number of para-hydroxylation sites is 1. The van der Waals surface area contributed by atoms with E-state index in [9.17, 15) is 4.79 Å². The standard InChI is InChI=1S/C24H25NO2/c1-19-14-16-21(17-15-19)24(20-9-4-2-5-10-20)25-23(26)13-8-18-27-22-11-6-3-7-12-22/h2-7,9-12,14-17,24H,8,13,18H2,1H3,(H,25,26). The van der Waals surface area contributed by atoms with Gasteiger partial charge in [0.25, 0.3) is 0 Å². The SMILES string of the molecule is Cc1ccc(C(NC(=O)CCCOc2ccccc2)c2ccccc2)cc1. The number of aryl methyl sites for hydroxylation is 1. The second kappa shape index (κ2) is 9.58. The van der Waals surface area contributed by atoms with E-state index >= 15 is 0 Å². The van der Waals surface area contributed by atoms with Crippen LogP contribution in [0.25, 0.3) is 0 Å². The molecule has 0 aliphatic carbocycles. The van der Waals surface area contributed by atoms with E-state index in [1.165, 1.54) is 5.56 Å². The van der Waals surface area contributed by atoms with Gasteiger partial charge in [0, 0.05) is 6.42 Å². The van der Waals surface area contributed by atoms with Crippen molar-refractivity contribution in [3.05, 3.63) is 102 Å². The van der Waals surface area contributed by atoms with Crippen LogP contribution in [-0.4, -0.2) is 12.5 Å². The van der Waals surface area contributed by atoms with Crippen molar-refractivity contribution in [1.82, 2.24) is 5.32 Å². The number of benzene rings is 3. The van der Waals surface area contributed by atoms with E-state index in [1.807, 2.05) is 60.7 Å². The number of carbonyl (C=O) groups is 1. The van der Waals surface area contributed by atoms with Crippen LogP contribution in [0.3, 0.4) is 0 Å². The van der Waals surface area contributed by atoms with Crippen molar-refractivity contribution in [1.29, 1.82) is 0 Å². The highest BCUT2D eigenvalue weighted by Gasteiger charge is 2.16. The molecule has 0 aliphatic heterocycles. The summed E-state index contributed by atoms with van der Waals surface area (Å²) in [7, 11) is 0. The van der Waals surface area contributed by atoms with E-state index in [2.05, 4.69) is 36.5 Å². The molecule has 0 spiro atoms. The normalized spacial score (nSPS) is 11.6. The van der Waals surface area contributed by atoms with Gasteiger partial charge in [-0.05, 0) is 36.6 Å². The Hall–Kier alpha value is -3.07. The first-order chi connectivity index (χ1) is 13.2. The predicted molar refractivity (Wildman–Crippen MR) is 109 cm³/mol. The van der Waals surface area contributed by atoms with Crippen LogP contribution >= 0.6 is 0 Å². The molecule has 3 aromatic carbocycles. The smallest absolute Gasteiger partial charge is 0.220 e. The molecule has 1 atom stereocenters. The molecule has 0 fully saturated rings. The van der Waals surface area contributed by atoms with Crippen molar-refractivity contribution >= 4 is 5.91 Å². The summed E-state index contributed by atoms with van der Waals surface area (Å²) in [4.78, 5) is 12.5. The van der Waals surface area contributed by atoms with Crippen molar-refractivity contribution in [3.8, 4) is 5.75 Å². The summed E-state index contributed by atoms with van der Waals surface area (Å²) >= 11 is 0. The van der Waals surface area contributed by atoms with E-state index in [0.717, 1.165) is 16.9 Å². The van der Waals surface area contributed by atoms with Gasteiger partial charge < -0.3 is 10.1 Å². The third kappa shape index (κ3) is 5.71. The molecule has 1 N–H and O–H groups in total. The minimum Gasteiger partial charge on any atom is -0.494 e. The molecule has 0 bridgehead atoms. The molecule has 1 unspecified atom stereocenters. The quantitative estimate of drug-likeness (QED) is 0.571. The molecule has 3 nitrogen and oxygen atoms in total. The Kier molecular flexibility index (Phi) is 6.64. The first-order valence-electron chi connectivity index (χ1n) is 9.31. The lowest BCUT2D eigenvalue weighted by Gasteiger charge is -2.20. The number of carbonyl (C=O) groups excluding carboxylic acids is 1. The summed E-state index contributed by atoms with van der Waals surface area (Å²) in [6, 6.07) is 27.9. The zero-order valence-electron chi connectivity index (χ0n) is 15.6. The minimum atomic E-state index is -0.144. The zero-order valence-corrected chi connectivity index (χ0v) is 15.6. The second-order valence-corrected chi connectivity index (χ2v) is 6.59. The van der Waals surface area contributed by atoms with Crippen molar-refractivity contribution in [2.75, 3.05) is 6.61 Å². The molecule has 3 rings (SSSR count). The number of rotatable bonds is 8. The van der Waals surface area contributed by atoms with Crippen LogP contribution in [-0.2, 0) is 4.79 Å². The summed E-state index contributed by atoms with van der Waals surface area (Å²) in [6.07, 6.45) is 1.11. The van der Waals surface area contributed by atoms with Gasteiger partial charge in [0.15, 0.2) is 0 Å². The maximum absolute atomic E-state index is 12.5. The summed E-state index contributed by atoms with van der Waals surface area (Å²) in [5.41, 5.74) is 3.37. The molecule has 0 aromatic heterocycles. The van der Waals surface area contributed by atoms with Crippen LogP contribution in [0, 0.1) is 6.92 Å². The van der Waals surface area contributed by atoms with E-state index in [4.69, 9.17) is 4.74 Å². The van der Waals surface area contributed by atoms with Gasteiger partial charge in [-0.1, -0.05) is 78.4 Å². The van der Waals surface area contributed by atoms with Crippen molar-refractivity contribution in [3.63, 3.8) is 0 Å². The average molecular weight is 359 g/mol. The Morgan fingerprint density at radius 2 is 1.44 bits per heavy atom. The lowest BCUT2D eigenvalue weighted by molar-refractivity contribution is -0.121. The average Bonchev–Trinajstić information content (AvgIpc) is 2.72. The molecule has 27 heavy (non-hydrogen) atoms. The number of hydrogen-bond acceptors (Lipinski definition) is 2. The van der Waals surface area contributed by atoms with Crippen LogP contribution < -0.4 is 10.1 Å². The van der Waals surface area contributed by atoms with Gasteiger partial charge in [0.1, 0.15) is 5.75 Å². The summed E-state index contributed by atoms with van der Waals surface area (Å²) in [5.74, 6) is 0.862. The maximum Gasteiger partial charge on any atom is 0.220 e. The Morgan fingerprint density at radius 3 is 2.11 bits per heavy atom. The molecule has 0 saturated heterocycles. The topological polar surface area (TPSA) is 38.3 Å². The highest BCUT2D eigenvalue weighted by atomic mass is 16.5. The van der Waals surface area contributed by atoms with Crippen LogP contribution in [0.4, 0.5) is 0 Å². The van der Waals surface area contributed by atoms with Crippen molar-refractivity contribution in [2.24, 2.45) is 0 Å². The Morgan fingerprint density at radius 1 is 0.852 bits per heavy atom. The lowest BCUT2D eigenvalue weighted by atomic mass is 9.97. The zero-order chi connectivity index (χ0) is 18.9. The molecular weight excluding hydrogens is 334 g/mol. The second-order valence-electron chi connectivity index (χ2n) is 6.59. The van der Waals surface area contributed by atoms with E-state index < -0.39 is 0 Å². The molecule has 0 radical (unpaired) electrons. The van der Waals surface area contributed by atoms with Gasteiger partial charge in [-0.3, -0.25) is 4.79 Å². The Bertz CT molecular complexity index is 829. The molecular formula is C24H25NO2. The van der Waals surface area contributed by atoms with Gasteiger partial charge in [0.05, 0.1) is 12.6 Å². The molecule has 0 aliphatic rings. The van der Waals surface area contributed by atoms with Crippen LogP contribution in [0.1, 0.15) is 35.6 Å². The van der Waals surface area contributed by atoms with E-state index in [1.54, 1.807) is 0 Å². The molecule has 0 saturated carbocycles. The van der Waals surface area contributed by atoms with E-state index in [0.29, 0.717) is 19.4 Å². The van der Waals surface area contributed by atoms with Crippen molar-refractivity contribution in [2.45, 2.75) is 25.8 Å². The van der Waals surface area contributed by atoms with Gasteiger partial charge in [-0.2, -0.15) is 0 Å². The fourth-order valence-corrected chi connectivity index (χ4v) is 2.94. The lowest BCUT2D eigenvalue weighted by Crippen LogP contribution is -2.29. The van der Waals surface area contributed by atoms with Crippen LogP contribution in [0.15, 0.2) is 84.9 Å². The first kappa shape index (κ1) is 18.7. The molecule has 3 aromatic rings. The Balaban J connectivity index is 1.58. The summed E-state index contributed by atoms with van der Waals surface area (Å²) in [6.45, 7) is 2.59. The number of nitrogens with one attached hydrogen (secondary N) is 1. The molecule has 3 heteroatoms. The largest absolute Gasteiger partial charge is 0.494 e. The number of hydrogen-bond donors (Lipinski definition) is 1. The minimum absolute atomic E-state index is 0.0288. The fourth-order valence-electron chi connectivity index (χ4n) is 2.94. The maximum atomic E-state index is 12.5. The Labute approximate surface area is 161 Å². The van der Waals surface area contributed by atoms with Gasteiger partial charge >= 0.3 is 0 Å². The summed E-state index contributed by atoms with van der Waals surface area (Å²) < 4.78 is 5.66. The monoisotopic (exact) mass is 359 g/mol. The van der Waals surface area contributed by atoms with E-state index in [-0.39, 0.29) is 11.9 Å². The number of amides is 1. The van der Waals surface area contributed by atoms with Crippen LogP contribution in [0.5, 0.6) is 5.75 Å². The van der Waals surface area contributed by atoms with Crippen LogP contribution in [0.2, 0.25) is 0 Å². The third-order valence-electron chi connectivity index (χ3n) is 4.41. The summed E-state index contributed by atoms with van der Waals surface area (Å²) in [5, 5.41) is 3.17. The van der Waals surface area contributed by atoms with Gasteiger partial charge in [0.2, 0.25) is 5.91 Å². The fraction of sp³-hybridized carbons (Fsp3) is 0.208. The highest BCUT2D eigenvalue weighted by molar-refractivity contribution is 5.77. The molecule has 0 heterocycles. The third-order valence-corrected chi connectivity index (χ3v) is 4.41. The molecule has 1 amide bonds. The van der Waals surface area contributed by atoms with Gasteiger partial charge in [-0.15, -0.1) is 0 Å². The highest BCUT2D eigenvalue weighted by Crippen LogP contribution is 2.22. The first-order valence-corrected chi connectivity index (χ1v) is 9.31. The van der Waals surface area contributed by atoms with Crippen molar-refractivity contribution < 1.29 is 9.53 Å². The number of ether oxygens (including phenoxy) is 1.